The fourth-order valence-electron chi connectivity index (χ4n) is 4.77. The molecule has 29 heavy (non-hydrogen) atoms. The molecule has 1 fully saturated rings. The Morgan fingerprint density at radius 1 is 1.17 bits per heavy atom. The van der Waals surface area contributed by atoms with Crippen LogP contribution < -0.4 is 0 Å². The zero-order chi connectivity index (χ0) is 20.4. The Hall–Kier alpha value is -2.04. The summed E-state index contributed by atoms with van der Waals surface area (Å²) in [5.41, 5.74) is 7.41. The number of nitrogens with zero attached hydrogens (tertiary/aromatic N) is 1. The van der Waals surface area contributed by atoms with Gasteiger partial charge in [0.05, 0.1) is 10.7 Å². The number of aryl methyl sites for hydroxylation is 1. The molecule has 2 heteroatoms. The van der Waals surface area contributed by atoms with Gasteiger partial charge in [-0.05, 0) is 48.8 Å². The zero-order valence-electron chi connectivity index (χ0n) is 17.8. The number of rotatable bonds is 3. The van der Waals surface area contributed by atoms with Crippen LogP contribution in [0.5, 0.6) is 0 Å². The summed E-state index contributed by atoms with van der Waals surface area (Å²) in [6, 6.07) is 11.0. The van der Waals surface area contributed by atoms with Gasteiger partial charge in [0.2, 0.25) is 0 Å². The van der Waals surface area contributed by atoms with Gasteiger partial charge in [-0.15, -0.1) is 0 Å². The fraction of sp³-hybridized carbons (Fsp3) is 0.444. The SMILES string of the molecule is CCCC#CC1=C(c2ccc(C)cc2)CC(C2CCC2)C(C)c2ncc(Cl)cc21. The van der Waals surface area contributed by atoms with E-state index in [0.717, 1.165) is 36.3 Å². The van der Waals surface area contributed by atoms with Gasteiger partial charge in [0.25, 0.3) is 0 Å². The molecule has 2 unspecified atom stereocenters. The first-order valence-corrected chi connectivity index (χ1v) is 11.4. The van der Waals surface area contributed by atoms with Crippen LogP contribution in [0.15, 0.2) is 36.5 Å². The van der Waals surface area contributed by atoms with E-state index < -0.39 is 0 Å². The molecule has 0 spiro atoms. The van der Waals surface area contributed by atoms with Crippen LogP contribution in [-0.2, 0) is 0 Å². The van der Waals surface area contributed by atoms with Crippen molar-refractivity contribution in [1.29, 1.82) is 0 Å². The van der Waals surface area contributed by atoms with Crippen LogP contribution >= 0.6 is 11.6 Å². The average Bonchev–Trinajstić information content (AvgIpc) is 2.78. The highest BCUT2D eigenvalue weighted by Gasteiger charge is 2.37. The van der Waals surface area contributed by atoms with Crippen LogP contribution in [0.3, 0.4) is 0 Å². The number of benzene rings is 1. The lowest BCUT2D eigenvalue weighted by Crippen LogP contribution is -2.26. The maximum atomic E-state index is 6.42. The van der Waals surface area contributed by atoms with Gasteiger partial charge in [0.1, 0.15) is 0 Å². The quantitative estimate of drug-likeness (QED) is 0.479. The van der Waals surface area contributed by atoms with E-state index in [0.29, 0.717) is 16.9 Å². The van der Waals surface area contributed by atoms with E-state index in [4.69, 9.17) is 16.6 Å². The molecule has 1 aromatic carbocycles. The third-order valence-electron chi connectivity index (χ3n) is 6.71. The molecule has 0 bridgehead atoms. The topological polar surface area (TPSA) is 12.9 Å². The highest BCUT2D eigenvalue weighted by molar-refractivity contribution is 6.30. The lowest BCUT2D eigenvalue weighted by molar-refractivity contribution is 0.184. The predicted octanol–water partition coefficient (Wildman–Crippen LogP) is 7.68. The average molecular weight is 404 g/mol. The number of halogens is 1. The second-order valence-electron chi connectivity index (χ2n) is 8.71. The van der Waals surface area contributed by atoms with Crippen molar-refractivity contribution in [2.24, 2.45) is 11.8 Å². The molecule has 1 aromatic heterocycles. The van der Waals surface area contributed by atoms with Crippen LogP contribution in [0.2, 0.25) is 5.02 Å². The number of unbranched alkanes of at least 4 members (excludes halogenated alkanes) is 1. The van der Waals surface area contributed by atoms with Crippen molar-refractivity contribution in [2.45, 2.75) is 65.2 Å². The van der Waals surface area contributed by atoms with Crippen LogP contribution in [0.1, 0.15) is 80.7 Å². The molecule has 150 valence electrons. The van der Waals surface area contributed by atoms with Crippen LogP contribution in [-0.4, -0.2) is 4.98 Å². The highest BCUT2D eigenvalue weighted by atomic mass is 35.5. The van der Waals surface area contributed by atoms with Gasteiger partial charge in [-0.3, -0.25) is 4.98 Å². The standard InChI is InChI=1S/C27H30ClN/c1-4-5-6-10-23-25(21-13-11-18(2)12-14-21)16-24(20-8-7-9-20)19(3)27-26(23)15-22(28)17-29-27/h11-15,17,19-20,24H,4-5,7-9,16H2,1-3H3. The minimum atomic E-state index is 0.415. The van der Waals surface area contributed by atoms with E-state index >= 15 is 0 Å². The Morgan fingerprint density at radius 3 is 2.59 bits per heavy atom. The summed E-state index contributed by atoms with van der Waals surface area (Å²) in [6.45, 7) is 6.68. The number of fused-ring (bicyclic) bond motifs is 1. The molecule has 0 N–H and O–H groups in total. The molecule has 4 rings (SSSR count). The van der Waals surface area contributed by atoms with Crippen LogP contribution in [0.4, 0.5) is 0 Å². The van der Waals surface area contributed by atoms with Gasteiger partial charge in [-0.25, -0.2) is 0 Å². The third kappa shape index (κ3) is 4.15. The minimum absolute atomic E-state index is 0.415. The number of allylic oxidation sites excluding steroid dienone is 2. The normalized spacial score (nSPS) is 21.7. The van der Waals surface area contributed by atoms with Crippen molar-refractivity contribution in [2.75, 3.05) is 0 Å². The molecule has 2 atom stereocenters. The number of pyridine rings is 1. The molecule has 0 radical (unpaired) electrons. The predicted molar refractivity (Wildman–Crippen MR) is 124 cm³/mol. The molecule has 0 amide bonds. The lowest BCUT2D eigenvalue weighted by atomic mass is 9.68. The molecular weight excluding hydrogens is 374 g/mol. The summed E-state index contributed by atoms with van der Waals surface area (Å²) < 4.78 is 0. The van der Waals surface area contributed by atoms with E-state index in [9.17, 15) is 0 Å². The Kier molecular flexibility index (Phi) is 6.12. The minimum Gasteiger partial charge on any atom is -0.259 e. The third-order valence-corrected chi connectivity index (χ3v) is 6.92. The van der Waals surface area contributed by atoms with Crippen molar-refractivity contribution in [1.82, 2.24) is 4.98 Å². The highest BCUT2D eigenvalue weighted by Crippen LogP contribution is 2.50. The lowest BCUT2D eigenvalue weighted by Gasteiger charge is -2.37. The molecule has 0 aliphatic heterocycles. The summed E-state index contributed by atoms with van der Waals surface area (Å²) >= 11 is 6.42. The summed E-state index contributed by atoms with van der Waals surface area (Å²) in [6.07, 6.45) is 8.91. The van der Waals surface area contributed by atoms with Crippen molar-refractivity contribution in [3.05, 3.63) is 63.9 Å². The maximum absolute atomic E-state index is 6.42. The van der Waals surface area contributed by atoms with Crippen LogP contribution in [0, 0.1) is 30.6 Å². The Morgan fingerprint density at radius 2 is 1.93 bits per heavy atom. The Labute approximate surface area is 180 Å². The Bertz CT molecular complexity index is 970. The van der Waals surface area contributed by atoms with Crippen molar-refractivity contribution < 1.29 is 0 Å². The van der Waals surface area contributed by atoms with Crippen LogP contribution in [0.25, 0.3) is 11.1 Å². The second-order valence-corrected chi connectivity index (χ2v) is 9.14. The first kappa shape index (κ1) is 20.2. The van der Waals surface area contributed by atoms with Gasteiger partial charge in [0, 0.05) is 29.7 Å². The largest absolute Gasteiger partial charge is 0.259 e. The van der Waals surface area contributed by atoms with E-state index in [-0.39, 0.29) is 0 Å². The molecule has 2 aliphatic rings. The van der Waals surface area contributed by atoms with Gasteiger partial charge < -0.3 is 0 Å². The first-order valence-electron chi connectivity index (χ1n) is 11.0. The van der Waals surface area contributed by atoms with Gasteiger partial charge >= 0.3 is 0 Å². The maximum Gasteiger partial charge on any atom is 0.0595 e. The molecular formula is C27H30ClN. The number of hydrogen-bond acceptors (Lipinski definition) is 1. The molecule has 1 nitrogen and oxygen atoms in total. The molecule has 2 aromatic rings. The molecule has 1 saturated carbocycles. The number of hydrogen-bond donors (Lipinski definition) is 0. The number of aromatic nitrogens is 1. The molecule has 0 saturated heterocycles. The van der Waals surface area contributed by atoms with Gasteiger partial charge in [0.15, 0.2) is 0 Å². The summed E-state index contributed by atoms with van der Waals surface area (Å²) in [5.74, 6) is 8.78. The van der Waals surface area contributed by atoms with Crippen molar-refractivity contribution in [3.63, 3.8) is 0 Å². The van der Waals surface area contributed by atoms with E-state index in [2.05, 4.69) is 62.9 Å². The fourth-order valence-corrected chi connectivity index (χ4v) is 4.93. The summed E-state index contributed by atoms with van der Waals surface area (Å²) in [5, 5.41) is 0.691. The second kappa shape index (κ2) is 8.76. The van der Waals surface area contributed by atoms with Crippen molar-refractivity contribution >= 4 is 22.7 Å². The zero-order valence-corrected chi connectivity index (χ0v) is 18.5. The van der Waals surface area contributed by atoms with Gasteiger partial charge in [-0.2, -0.15) is 0 Å². The van der Waals surface area contributed by atoms with Crippen molar-refractivity contribution in [3.8, 4) is 11.8 Å². The molecule has 1 heterocycles. The van der Waals surface area contributed by atoms with E-state index in [1.165, 1.54) is 41.7 Å². The summed E-state index contributed by atoms with van der Waals surface area (Å²) in [4.78, 5) is 4.84. The first-order chi connectivity index (χ1) is 14.1. The van der Waals surface area contributed by atoms with E-state index in [1.54, 1.807) is 0 Å². The molecule has 2 aliphatic carbocycles. The van der Waals surface area contributed by atoms with E-state index in [1.807, 2.05) is 6.20 Å². The monoisotopic (exact) mass is 403 g/mol. The Balaban J connectivity index is 1.94. The van der Waals surface area contributed by atoms with Gasteiger partial charge in [-0.1, -0.05) is 86.4 Å². The smallest absolute Gasteiger partial charge is 0.0595 e. The summed E-state index contributed by atoms with van der Waals surface area (Å²) in [7, 11) is 0.